The Morgan fingerprint density at radius 3 is 2.73 bits per heavy atom. The predicted octanol–water partition coefficient (Wildman–Crippen LogP) is 2.51. The standard InChI is InChI=1S/C20H33N5O/c1-21-20(24(2)15-18-9-12-26-16-18)23-14-17-7-8-19(22-13-17)25-10-5-3-4-6-11-25/h7-8,13,18H,3-6,9-12,14-16H2,1-2H3,(H,21,23). The van der Waals surface area contributed by atoms with Crippen molar-refractivity contribution in [3.05, 3.63) is 23.9 Å². The molecule has 0 bridgehead atoms. The number of rotatable bonds is 5. The molecule has 3 rings (SSSR count). The highest BCUT2D eigenvalue weighted by Crippen LogP contribution is 2.17. The minimum absolute atomic E-state index is 0.605. The van der Waals surface area contributed by atoms with E-state index in [0.717, 1.165) is 57.6 Å². The van der Waals surface area contributed by atoms with Crippen LogP contribution in [-0.2, 0) is 11.3 Å². The number of guanidine groups is 1. The molecule has 0 amide bonds. The second-order valence-electron chi connectivity index (χ2n) is 7.44. The van der Waals surface area contributed by atoms with Crippen LogP contribution in [0, 0.1) is 5.92 Å². The fraction of sp³-hybridized carbons (Fsp3) is 0.700. The van der Waals surface area contributed by atoms with Gasteiger partial charge in [0.2, 0.25) is 0 Å². The lowest BCUT2D eigenvalue weighted by Crippen LogP contribution is -2.41. The second-order valence-corrected chi connectivity index (χ2v) is 7.44. The van der Waals surface area contributed by atoms with Gasteiger partial charge in [0.05, 0.1) is 6.61 Å². The fourth-order valence-electron chi connectivity index (χ4n) is 3.78. The van der Waals surface area contributed by atoms with E-state index in [2.05, 4.69) is 39.3 Å². The van der Waals surface area contributed by atoms with E-state index in [4.69, 9.17) is 9.72 Å². The lowest BCUT2D eigenvalue weighted by molar-refractivity contribution is 0.181. The van der Waals surface area contributed by atoms with Gasteiger partial charge in [0.15, 0.2) is 5.96 Å². The van der Waals surface area contributed by atoms with Crippen LogP contribution in [-0.4, -0.2) is 62.8 Å². The van der Waals surface area contributed by atoms with Gasteiger partial charge in [-0.05, 0) is 30.9 Å². The first-order chi connectivity index (χ1) is 12.8. The largest absolute Gasteiger partial charge is 0.381 e. The van der Waals surface area contributed by atoms with Gasteiger partial charge in [0, 0.05) is 59.0 Å². The average molecular weight is 360 g/mol. The molecule has 0 saturated carbocycles. The summed E-state index contributed by atoms with van der Waals surface area (Å²) < 4.78 is 5.47. The SMILES string of the molecule is CN=C(NCc1ccc(N2CCCCCC2)nc1)N(C)CC1CCOC1. The second kappa shape index (κ2) is 9.76. The molecule has 2 saturated heterocycles. The molecule has 1 N–H and O–H groups in total. The Morgan fingerprint density at radius 1 is 1.31 bits per heavy atom. The molecule has 1 aromatic heterocycles. The van der Waals surface area contributed by atoms with Gasteiger partial charge in [0.1, 0.15) is 5.82 Å². The van der Waals surface area contributed by atoms with Crippen LogP contribution in [0.1, 0.15) is 37.7 Å². The van der Waals surface area contributed by atoms with Crippen molar-refractivity contribution in [1.29, 1.82) is 0 Å². The van der Waals surface area contributed by atoms with Gasteiger partial charge in [-0.2, -0.15) is 0 Å². The topological polar surface area (TPSA) is 53.0 Å². The summed E-state index contributed by atoms with van der Waals surface area (Å²) >= 11 is 0. The van der Waals surface area contributed by atoms with E-state index >= 15 is 0 Å². The average Bonchev–Trinajstić information content (AvgIpc) is 3.02. The van der Waals surface area contributed by atoms with E-state index in [9.17, 15) is 0 Å². The third-order valence-corrected chi connectivity index (χ3v) is 5.32. The van der Waals surface area contributed by atoms with Gasteiger partial charge >= 0.3 is 0 Å². The Bertz CT molecular complexity index is 560. The molecule has 6 heteroatoms. The van der Waals surface area contributed by atoms with Gasteiger partial charge in [-0.3, -0.25) is 4.99 Å². The predicted molar refractivity (Wildman–Crippen MR) is 107 cm³/mol. The summed E-state index contributed by atoms with van der Waals surface area (Å²) in [4.78, 5) is 13.7. The van der Waals surface area contributed by atoms with Gasteiger partial charge < -0.3 is 19.9 Å². The van der Waals surface area contributed by atoms with E-state index in [0.29, 0.717) is 5.92 Å². The molecule has 2 aliphatic rings. The first-order valence-electron chi connectivity index (χ1n) is 9.95. The van der Waals surface area contributed by atoms with Crippen LogP contribution < -0.4 is 10.2 Å². The van der Waals surface area contributed by atoms with Crippen molar-refractivity contribution >= 4 is 11.8 Å². The smallest absolute Gasteiger partial charge is 0.193 e. The van der Waals surface area contributed by atoms with Crippen molar-refractivity contribution in [3.63, 3.8) is 0 Å². The number of anilines is 1. The lowest BCUT2D eigenvalue weighted by Gasteiger charge is -2.24. The molecule has 2 aliphatic heterocycles. The highest BCUT2D eigenvalue weighted by atomic mass is 16.5. The number of nitrogens with one attached hydrogen (secondary N) is 1. The van der Waals surface area contributed by atoms with Crippen LogP contribution in [0.3, 0.4) is 0 Å². The van der Waals surface area contributed by atoms with Crippen LogP contribution in [0.5, 0.6) is 0 Å². The van der Waals surface area contributed by atoms with Crippen molar-refractivity contribution in [3.8, 4) is 0 Å². The Balaban J connectivity index is 1.49. The molecule has 0 aliphatic carbocycles. The Kier molecular flexibility index (Phi) is 7.12. The number of aromatic nitrogens is 1. The number of pyridine rings is 1. The van der Waals surface area contributed by atoms with Gasteiger partial charge in [-0.1, -0.05) is 18.9 Å². The molecule has 1 atom stereocenters. The molecule has 26 heavy (non-hydrogen) atoms. The first kappa shape index (κ1) is 19.0. The van der Waals surface area contributed by atoms with Crippen LogP contribution in [0.25, 0.3) is 0 Å². The summed E-state index contributed by atoms with van der Waals surface area (Å²) in [5.74, 6) is 2.64. The number of ether oxygens (including phenoxy) is 1. The van der Waals surface area contributed by atoms with Crippen molar-refractivity contribution in [2.75, 3.05) is 51.8 Å². The van der Waals surface area contributed by atoms with Crippen molar-refractivity contribution < 1.29 is 4.74 Å². The zero-order chi connectivity index (χ0) is 18.2. The van der Waals surface area contributed by atoms with Gasteiger partial charge in [0.25, 0.3) is 0 Å². The molecule has 3 heterocycles. The van der Waals surface area contributed by atoms with Crippen LogP contribution in [0.2, 0.25) is 0 Å². The maximum absolute atomic E-state index is 5.47. The minimum atomic E-state index is 0.605. The number of nitrogens with zero attached hydrogens (tertiary/aromatic N) is 4. The summed E-state index contributed by atoms with van der Waals surface area (Å²) in [5.41, 5.74) is 1.18. The molecular weight excluding hydrogens is 326 g/mol. The molecule has 6 nitrogen and oxygen atoms in total. The van der Waals surface area contributed by atoms with E-state index in [1.165, 1.54) is 31.2 Å². The molecule has 144 valence electrons. The van der Waals surface area contributed by atoms with Crippen molar-refractivity contribution in [2.24, 2.45) is 10.9 Å². The Morgan fingerprint density at radius 2 is 2.12 bits per heavy atom. The maximum atomic E-state index is 5.47. The summed E-state index contributed by atoms with van der Waals surface area (Å²) in [5, 5.41) is 3.45. The molecule has 0 spiro atoms. The van der Waals surface area contributed by atoms with Crippen molar-refractivity contribution in [2.45, 2.75) is 38.6 Å². The monoisotopic (exact) mass is 359 g/mol. The van der Waals surface area contributed by atoms with Crippen LogP contribution in [0.4, 0.5) is 5.82 Å². The molecule has 0 radical (unpaired) electrons. The highest BCUT2D eigenvalue weighted by Gasteiger charge is 2.19. The maximum Gasteiger partial charge on any atom is 0.193 e. The normalized spacial score (nSPS) is 21.5. The number of hydrogen-bond donors (Lipinski definition) is 1. The van der Waals surface area contributed by atoms with Crippen molar-refractivity contribution in [1.82, 2.24) is 15.2 Å². The van der Waals surface area contributed by atoms with E-state index in [1.807, 2.05) is 13.2 Å². The molecule has 0 aromatic carbocycles. The molecular formula is C20H33N5O. The quantitative estimate of drug-likeness (QED) is 0.647. The zero-order valence-electron chi connectivity index (χ0n) is 16.3. The minimum Gasteiger partial charge on any atom is -0.381 e. The summed E-state index contributed by atoms with van der Waals surface area (Å²) in [6.07, 6.45) is 8.38. The van der Waals surface area contributed by atoms with E-state index < -0.39 is 0 Å². The lowest BCUT2D eigenvalue weighted by atomic mass is 10.1. The summed E-state index contributed by atoms with van der Waals surface area (Å²) in [7, 11) is 3.93. The summed E-state index contributed by atoms with van der Waals surface area (Å²) in [6, 6.07) is 4.34. The van der Waals surface area contributed by atoms with Gasteiger partial charge in [-0.25, -0.2) is 4.98 Å². The van der Waals surface area contributed by atoms with Gasteiger partial charge in [-0.15, -0.1) is 0 Å². The molecule has 1 aromatic rings. The molecule has 1 unspecified atom stereocenters. The number of hydrogen-bond acceptors (Lipinski definition) is 4. The van der Waals surface area contributed by atoms with E-state index in [1.54, 1.807) is 0 Å². The zero-order valence-corrected chi connectivity index (χ0v) is 16.3. The van der Waals surface area contributed by atoms with E-state index in [-0.39, 0.29) is 0 Å². The summed E-state index contributed by atoms with van der Waals surface area (Å²) in [6.45, 7) is 5.74. The van der Waals surface area contributed by atoms with Crippen LogP contribution >= 0.6 is 0 Å². The molecule has 2 fully saturated rings. The Hall–Kier alpha value is -1.82. The third kappa shape index (κ3) is 5.34. The number of aliphatic imine (C=N–C) groups is 1. The van der Waals surface area contributed by atoms with Crippen LogP contribution in [0.15, 0.2) is 23.3 Å². The third-order valence-electron chi connectivity index (χ3n) is 5.32. The highest BCUT2D eigenvalue weighted by molar-refractivity contribution is 5.79. The Labute approximate surface area is 157 Å². The fourth-order valence-corrected chi connectivity index (χ4v) is 3.78. The first-order valence-corrected chi connectivity index (χ1v) is 9.95.